The molecule has 0 aliphatic carbocycles. The molecular weight excluding hydrogens is 356 g/mol. The zero-order valence-corrected chi connectivity index (χ0v) is 17.8. The van der Waals surface area contributed by atoms with Crippen molar-refractivity contribution in [1.29, 1.82) is 0 Å². The van der Waals surface area contributed by atoms with Crippen LogP contribution in [0.1, 0.15) is 46.1 Å². The normalized spacial score (nSPS) is 14.6. The number of piperidine rings is 1. The zero-order chi connectivity index (χ0) is 19.6. The van der Waals surface area contributed by atoms with Crippen LogP contribution < -0.4 is 4.72 Å². The molecule has 1 amide bonds. The quantitative estimate of drug-likeness (QED) is 0.673. The number of amides is 1. The first kappa shape index (κ1) is 21.6. The molecule has 0 atom stereocenters. The van der Waals surface area contributed by atoms with E-state index in [-0.39, 0.29) is 6.09 Å². The number of fused-ring (bicyclic) bond motifs is 1. The molecular formula is C22H32N2O2S. The Morgan fingerprint density at radius 2 is 1.78 bits per heavy atom. The van der Waals surface area contributed by atoms with Crippen LogP contribution >= 0.6 is 11.9 Å². The molecule has 1 aliphatic heterocycles. The maximum absolute atomic E-state index is 11.8. The highest BCUT2D eigenvalue weighted by Gasteiger charge is 2.23. The molecule has 27 heavy (non-hydrogen) atoms. The van der Waals surface area contributed by atoms with E-state index in [0.29, 0.717) is 12.6 Å². The van der Waals surface area contributed by atoms with Gasteiger partial charge < -0.3 is 9.64 Å². The van der Waals surface area contributed by atoms with Gasteiger partial charge in [0.2, 0.25) is 0 Å². The van der Waals surface area contributed by atoms with Gasteiger partial charge in [0, 0.05) is 24.0 Å². The summed E-state index contributed by atoms with van der Waals surface area (Å²) in [5.74, 6) is 0. The number of likely N-dealkylation sites (tertiary alicyclic amines) is 1. The zero-order valence-electron chi connectivity index (χ0n) is 17.0. The Hall–Kier alpha value is -1.72. The summed E-state index contributed by atoms with van der Waals surface area (Å²) in [5, 5.41) is 2.65. The Bertz CT molecular complexity index is 727. The molecule has 148 valence electrons. The van der Waals surface area contributed by atoms with Gasteiger partial charge in [0.25, 0.3) is 0 Å². The number of aryl methyl sites for hydroxylation is 1. The van der Waals surface area contributed by atoms with Gasteiger partial charge in [-0.1, -0.05) is 51.1 Å². The second kappa shape index (κ2) is 11.2. The predicted octanol–water partition coefficient (Wildman–Crippen LogP) is 5.65. The number of hydrogen-bond donors (Lipinski definition) is 1. The van der Waals surface area contributed by atoms with E-state index < -0.39 is 0 Å². The molecule has 5 heteroatoms. The van der Waals surface area contributed by atoms with Crippen LogP contribution in [0.2, 0.25) is 0 Å². The van der Waals surface area contributed by atoms with Crippen LogP contribution in [0.5, 0.6) is 0 Å². The fourth-order valence-corrected chi connectivity index (χ4v) is 4.23. The van der Waals surface area contributed by atoms with Gasteiger partial charge in [-0.15, -0.1) is 0 Å². The first-order valence-electron chi connectivity index (χ1n) is 10.1. The van der Waals surface area contributed by atoms with Crippen molar-refractivity contribution in [3.63, 3.8) is 0 Å². The Balaban J connectivity index is 0.00000126. The lowest BCUT2D eigenvalue weighted by molar-refractivity contribution is 0.0967. The van der Waals surface area contributed by atoms with E-state index in [1.807, 2.05) is 20.8 Å². The fourth-order valence-electron chi connectivity index (χ4n) is 3.27. The molecule has 4 nitrogen and oxygen atoms in total. The fraction of sp³-hybridized carbons (Fsp3) is 0.500. The summed E-state index contributed by atoms with van der Waals surface area (Å²) in [6, 6.07) is 13.5. The van der Waals surface area contributed by atoms with Gasteiger partial charge in [-0.2, -0.15) is 0 Å². The summed E-state index contributed by atoms with van der Waals surface area (Å²) in [5.41, 5.74) is 1.39. The van der Waals surface area contributed by atoms with E-state index in [1.165, 1.54) is 21.2 Å². The Morgan fingerprint density at radius 1 is 1.11 bits per heavy atom. The average molecular weight is 389 g/mol. The standard InChI is InChI=1S/C20H26N2O2S.C2H6/c1-3-15-9-10-19(18-8-6-5-7-17(15)18)25-21-16-11-13-22(14-12-16)20(23)24-4-2;1-2/h5-10,16,21H,3-4,11-14H2,1-2H3;1-2H3. The van der Waals surface area contributed by atoms with Crippen molar-refractivity contribution in [2.24, 2.45) is 0 Å². The minimum Gasteiger partial charge on any atom is -0.450 e. The topological polar surface area (TPSA) is 41.6 Å². The third-order valence-electron chi connectivity index (χ3n) is 4.71. The number of carbonyl (C=O) groups is 1. The molecule has 2 aromatic carbocycles. The number of nitrogens with zero attached hydrogens (tertiary/aromatic N) is 1. The smallest absolute Gasteiger partial charge is 0.409 e. The lowest BCUT2D eigenvalue weighted by atomic mass is 10.0. The van der Waals surface area contributed by atoms with Crippen LogP contribution in [0.3, 0.4) is 0 Å². The van der Waals surface area contributed by atoms with E-state index in [1.54, 1.807) is 16.8 Å². The van der Waals surface area contributed by atoms with Crippen molar-refractivity contribution in [3.8, 4) is 0 Å². The molecule has 2 aromatic rings. The summed E-state index contributed by atoms with van der Waals surface area (Å²) in [6.45, 7) is 9.99. The van der Waals surface area contributed by atoms with Crippen molar-refractivity contribution < 1.29 is 9.53 Å². The Morgan fingerprint density at radius 3 is 2.41 bits per heavy atom. The van der Waals surface area contributed by atoms with Crippen LogP contribution in [0.15, 0.2) is 41.3 Å². The van der Waals surface area contributed by atoms with E-state index >= 15 is 0 Å². The van der Waals surface area contributed by atoms with Crippen LogP contribution in [0.4, 0.5) is 4.79 Å². The highest BCUT2D eigenvalue weighted by atomic mass is 32.2. The van der Waals surface area contributed by atoms with Crippen molar-refractivity contribution in [3.05, 3.63) is 42.0 Å². The first-order valence-corrected chi connectivity index (χ1v) is 10.9. The third-order valence-corrected chi connectivity index (χ3v) is 5.74. The largest absolute Gasteiger partial charge is 0.450 e. The van der Waals surface area contributed by atoms with Crippen LogP contribution in [-0.2, 0) is 11.2 Å². The SMILES string of the molecule is CC.CCOC(=O)N1CCC(NSc2ccc(CC)c3ccccc23)CC1. The summed E-state index contributed by atoms with van der Waals surface area (Å²) >= 11 is 1.71. The number of benzene rings is 2. The summed E-state index contributed by atoms with van der Waals surface area (Å²) in [6.07, 6.45) is 2.77. The van der Waals surface area contributed by atoms with Gasteiger partial charge in [0.15, 0.2) is 0 Å². The summed E-state index contributed by atoms with van der Waals surface area (Å²) < 4.78 is 8.67. The van der Waals surface area contributed by atoms with Crippen LogP contribution in [0, 0.1) is 0 Å². The Kier molecular flexibility index (Phi) is 8.95. The molecule has 1 aliphatic rings. The van der Waals surface area contributed by atoms with Gasteiger partial charge >= 0.3 is 6.09 Å². The Labute approximate surface area is 167 Å². The third kappa shape index (κ3) is 5.63. The number of nitrogens with one attached hydrogen (secondary N) is 1. The molecule has 0 saturated carbocycles. The molecule has 0 radical (unpaired) electrons. The minimum absolute atomic E-state index is 0.185. The monoisotopic (exact) mass is 388 g/mol. The van der Waals surface area contributed by atoms with Crippen molar-refractivity contribution >= 4 is 28.8 Å². The molecule has 1 N–H and O–H groups in total. The lowest BCUT2D eigenvalue weighted by Gasteiger charge is -2.31. The van der Waals surface area contributed by atoms with Crippen molar-refractivity contribution in [2.75, 3.05) is 19.7 Å². The van der Waals surface area contributed by atoms with Crippen LogP contribution in [0.25, 0.3) is 10.8 Å². The predicted molar refractivity (Wildman–Crippen MR) is 115 cm³/mol. The van der Waals surface area contributed by atoms with Gasteiger partial charge in [-0.3, -0.25) is 4.72 Å². The van der Waals surface area contributed by atoms with Gasteiger partial charge in [0.1, 0.15) is 0 Å². The van der Waals surface area contributed by atoms with Crippen molar-refractivity contribution in [2.45, 2.75) is 57.9 Å². The number of hydrogen-bond acceptors (Lipinski definition) is 4. The van der Waals surface area contributed by atoms with Gasteiger partial charge in [-0.25, -0.2) is 4.79 Å². The maximum Gasteiger partial charge on any atom is 0.409 e. The van der Waals surface area contributed by atoms with Crippen LogP contribution in [-0.4, -0.2) is 36.7 Å². The summed E-state index contributed by atoms with van der Waals surface area (Å²) in [7, 11) is 0. The molecule has 0 unspecified atom stereocenters. The average Bonchev–Trinajstić information content (AvgIpc) is 2.74. The maximum atomic E-state index is 11.8. The molecule has 0 aromatic heterocycles. The van der Waals surface area contributed by atoms with E-state index in [2.05, 4.69) is 48.0 Å². The van der Waals surface area contributed by atoms with E-state index in [4.69, 9.17) is 4.74 Å². The molecule has 1 heterocycles. The van der Waals surface area contributed by atoms with Gasteiger partial charge in [-0.05, 0) is 60.5 Å². The highest BCUT2D eigenvalue weighted by molar-refractivity contribution is 7.97. The molecule has 1 saturated heterocycles. The molecule has 0 spiro atoms. The first-order chi connectivity index (χ1) is 13.2. The van der Waals surface area contributed by atoms with Gasteiger partial charge in [0.05, 0.1) is 6.61 Å². The number of ether oxygens (including phenoxy) is 1. The van der Waals surface area contributed by atoms with E-state index in [0.717, 1.165) is 32.4 Å². The van der Waals surface area contributed by atoms with Crippen molar-refractivity contribution in [1.82, 2.24) is 9.62 Å². The number of rotatable bonds is 5. The summed E-state index contributed by atoms with van der Waals surface area (Å²) in [4.78, 5) is 14.8. The molecule has 3 rings (SSSR count). The second-order valence-electron chi connectivity index (χ2n) is 6.30. The molecule has 0 bridgehead atoms. The lowest BCUT2D eigenvalue weighted by Crippen LogP contribution is -2.43. The number of carbonyl (C=O) groups excluding carboxylic acids is 1. The minimum atomic E-state index is -0.185. The second-order valence-corrected chi connectivity index (χ2v) is 7.18. The molecule has 1 fully saturated rings. The highest BCUT2D eigenvalue weighted by Crippen LogP contribution is 2.30. The van der Waals surface area contributed by atoms with E-state index in [9.17, 15) is 4.79 Å².